The van der Waals surface area contributed by atoms with Crippen molar-refractivity contribution in [2.24, 2.45) is 0 Å². The summed E-state index contributed by atoms with van der Waals surface area (Å²) in [5.41, 5.74) is 0. The van der Waals surface area contributed by atoms with E-state index < -0.39 is 10.2 Å². The van der Waals surface area contributed by atoms with Crippen LogP contribution in [-0.2, 0) is 19.7 Å². The summed E-state index contributed by atoms with van der Waals surface area (Å²) in [4.78, 5) is 0. The van der Waals surface area contributed by atoms with E-state index in [9.17, 15) is 8.42 Å². The van der Waals surface area contributed by atoms with Crippen LogP contribution in [0.1, 0.15) is 0 Å². The van der Waals surface area contributed by atoms with Crippen LogP contribution in [0.4, 0.5) is 0 Å². The highest BCUT2D eigenvalue weighted by Gasteiger charge is 2.23. The molecule has 1 aliphatic heterocycles. The second-order valence-electron chi connectivity index (χ2n) is 3.65. The molecule has 110 valence electrons. The quantitative estimate of drug-likeness (QED) is 0.551. The molecule has 18 heavy (non-hydrogen) atoms. The minimum atomic E-state index is -3.34. The maximum absolute atomic E-state index is 11.8. The van der Waals surface area contributed by atoms with Crippen LogP contribution in [-0.4, -0.2) is 72.4 Å². The maximum Gasteiger partial charge on any atom is 0.279 e. The van der Waals surface area contributed by atoms with Crippen LogP contribution in [0, 0.1) is 0 Å². The van der Waals surface area contributed by atoms with Crippen LogP contribution in [0.15, 0.2) is 0 Å². The molecule has 0 atom stereocenters. The summed E-state index contributed by atoms with van der Waals surface area (Å²) in [5, 5.41) is 3.07. The van der Waals surface area contributed by atoms with Gasteiger partial charge in [-0.1, -0.05) is 0 Å². The predicted molar refractivity (Wildman–Crippen MR) is 71.3 cm³/mol. The highest BCUT2D eigenvalue weighted by molar-refractivity contribution is 7.87. The van der Waals surface area contributed by atoms with Gasteiger partial charge in [-0.3, -0.25) is 0 Å². The molecule has 0 aromatic rings. The van der Waals surface area contributed by atoms with Gasteiger partial charge in [-0.25, -0.2) is 4.72 Å². The van der Waals surface area contributed by atoms with Gasteiger partial charge in [-0.2, -0.15) is 12.7 Å². The lowest BCUT2D eigenvalue weighted by atomic mass is 10.5. The standard InChI is InChI=1S/C9H21N3O4S.ClH/c1-15-7-4-10-2-3-11-17(13,14)12-5-8-16-9-6-12;/h10-11H,2-9H2,1H3;1H. The lowest BCUT2D eigenvalue weighted by Crippen LogP contribution is -2.47. The number of nitrogens with zero attached hydrogens (tertiary/aromatic N) is 1. The summed E-state index contributed by atoms with van der Waals surface area (Å²) < 4.78 is 37.5. The fourth-order valence-corrected chi connectivity index (χ4v) is 2.62. The van der Waals surface area contributed by atoms with E-state index >= 15 is 0 Å². The highest BCUT2D eigenvalue weighted by atomic mass is 35.5. The molecule has 7 nitrogen and oxygen atoms in total. The Kier molecular flexibility index (Phi) is 9.93. The van der Waals surface area contributed by atoms with E-state index in [0.29, 0.717) is 46.0 Å². The van der Waals surface area contributed by atoms with Crippen molar-refractivity contribution in [1.82, 2.24) is 14.3 Å². The number of ether oxygens (including phenoxy) is 2. The van der Waals surface area contributed by atoms with Gasteiger partial charge in [-0.15, -0.1) is 12.4 Å². The van der Waals surface area contributed by atoms with Gasteiger partial charge < -0.3 is 14.8 Å². The Bertz CT molecular complexity index is 296. The Morgan fingerprint density at radius 3 is 2.50 bits per heavy atom. The highest BCUT2D eigenvalue weighted by Crippen LogP contribution is 2.01. The van der Waals surface area contributed by atoms with Crippen molar-refractivity contribution >= 4 is 22.6 Å². The molecule has 2 N–H and O–H groups in total. The van der Waals surface area contributed by atoms with E-state index in [1.54, 1.807) is 7.11 Å². The SMILES string of the molecule is COCCNCCNS(=O)(=O)N1CCOCC1.Cl. The summed E-state index contributed by atoms with van der Waals surface area (Å²) in [5.74, 6) is 0. The molecule has 1 heterocycles. The largest absolute Gasteiger partial charge is 0.383 e. The Labute approximate surface area is 115 Å². The third-order valence-corrected chi connectivity index (χ3v) is 3.99. The third kappa shape index (κ3) is 6.83. The van der Waals surface area contributed by atoms with Gasteiger partial charge >= 0.3 is 0 Å². The number of methoxy groups -OCH3 is 1. The molecule has 0 aromatic carbocycles. The number of halogens is 1. The molecule has 1 aliphatic rings. The summed E-state index contributed by atoms with van der Waals surface area (Å²) in [6.45, 7) is 4.08. The summed E-state index contributed by atoms with van der Waals surface area (Å²) in [6.07, 6.45) is 0. The molecule has 1 rings (SSSR count). The van der Waals surface area contributed by atoms with Crippen molar-refractivity contribution in [2.75, 3.05) is 59.7 Å². The molecule has 0 spiro atoms. The first-order valence-electron chi connectivity index (χ1n) is 5.69. The zero-order valence-electron chi connectivity index (χ0n) is 10.6. The van der Waals surface area contributed by atoms with Crippen molar-refractivity contribution in [2.45, 2.75) is 0 Å². The lowest BCUT2D eigenvalue weighted by Gasteiger charge is -2.26. The van der Waals surface area contributed by atoms with E-state index in [0.717, 1.165) is 6.54 Å². The number of hydrogen-bond donors (Lipinski definition) is 2. The minimum Gasteiger partial charge on any atom is -0.383 e. The normalized spacial score (nSPS) is 17.4. The Hall–Kier alpha value is 0.0400. The fraction of sp³-hybridized carbons (Fsp3) is 1.00. The molecule has 1 saturated heterocycles. The molecule has 0 radical (unpaired) electrons. The molecular weight excluding hydrogens is 282 g/mol. The van der Waals surface area contributed by atoms with Crippen molar-refractivity contribution in [3.05, 3.63) is 0 Å². The maximum atomic E-state index is 11.8. The second kappa shape index (κ2) is 9.90. The van der Waals surface area contributed by atoms with E-state index in [1.807, 2.05) is 0 Å². The van der Waals surface area contributed by atoms with Gasteiger partial charge in [0.05, 0.1) is 19.8 Å². The molecule has 0 unspecified atom stereocenters. The van der Waals surface area contributed by atoms with Gasteiger partial charge in [-0.05, 0) is 0 Å². The van der Waals surface area contributed by atoms with Crippen LogP contribution >= 0.6 is 12.4 Å². The number of rotatable bonds is 8. The van der Waals surface area contributed by atoms with Crippen LogP contribution in [0.5, 0.6) is 0 Å². The first-order valence-corrected chi connectivity index (χ1v) is 7.13. The summed E-state index contributed by atoms with van der Waals surface area (Å²) >= 11 is 0. The van der Waals surface area contributed by atoms with Crippen LogP contribution in [0.2, 0.25) is 0 Å². The number of morpholine rings is 1. The zero-order valence-corrected chi connectivity index (χ0v) is 12.2. The molecular formula is C9H22ClN3O4S. The van der Waals surface area contributed by atoms with Gasteiger partial charge in [0.2, 0.25) is 0 Å². The third-order valence-electron chi connectivity index (χ3n) is 2.38. The number of hydrogen-bond acceptors (Lipinski definition) is 5. The monoisotopic (exact) mass is 303 g/mol. The van der Waals surface area contributed by atoms with E-state index in [2.05, 4.69) is 10.0 Å². The fourth-order valence-electron chi connectivity index (χ4n) is 1.45. The van der Waals surface area contributed by atoms with Crippen LogP contribution < -0.4 is 10.0 Å². The van der Waals surface area contributed by atoms with Gasteiger partial charge in [0.15, 0.2) is 0 Å². The summed E-state index contributed by atoms with van der Waals surface area (Å²) in [7, 11) is -1.72. The zero-order chi connectivity index (χ0) is 12.6. The topological polar surface area (TPSA) is 79.9 Å². The first-order chi connectivity index (χ1) is 8.17. The molecule has 0 aliphatic carbocycles. The van der Waals surface area contributed by atoms with Crippen molar-refractivity contribution in [3.8, 4) is 0 Å². The van der Waals surface area contributed by atoms with Crippen molar-refractivity contribution < 1.29 is 17.9 Å². The summed E-state index contributed by atoms with van der Waals surface area (Å²) in [6, 6.07) is 0. The Morgan fingerprint density at radius 2 is 1.89 bits per heavy atom. The predicted octanol–water partition coefficient (Wildman–Crippen LogP) is -1.19. The molecule has 9 heteroatoms. The first kappa shape index (κ1) is 18.0. The molecule has 0 amide bonds. The molecule has 0 bridgehead atoms. The minimum absolute atomic E-state index is 0. The second-order valence-corrected chi connectivity index (χ2v) is 5.41. The van der Waals surface area contributed by atoms with Crippen molar-refractivity contribution in [1.29, 1.82) is 0 Å². The van der Waals surface area contributed by atoms with Gasteiger partial charge in [0.1, 0.15) is 0 Å². The smallest absolute Gasteiger partial charge is 0.279 e. The molecule has 1 fully saturated rings. The molecule has 0 aromatic heterocycles. The van der Waals surface area contributed by atoms with Crippen LogP contribution in [0.25, 0.3) is 0 Å². The van der Waals surface area contributed by atoms with E-state index in [-0.39, 0.29) is 12.4 Å². The average molecular weight is 304 g/mol. The molecule has 0 saturated carbocycles. The average Bonchev–Trinajstić information content (AvgIpc) is 2.35. The van der Waals surface area contributed by atoms with Gasteiger partial charge in [0.25, 0.3) is 10.2 Å². The van der Waals surface area contributed by atoms with Crippen molar-refractivity contribution in [3.63, 3.8) is 0 Å². The van der Waals surface area contributed by atoms with Crippen LogP contribution in [0.3, 0.4) is 0 Å². The number of nitrogens with one attached hydrogen (secondary N) is 2. The van der Waals surface area contributed by atoms with E-state index in [4.69, 9.17) is 9.47 Å². The van der Waals surface area contributed by atoms with Gasteiger partial charge in [0, 0.05) is 39.8 Å². The Balaban J connectivity index is 0.00000289. The Morgan fingerprint density at radius 1 is 1.22 bits per heavy atom. The van der Waals surface area contributed by atoms with E-state index in [1.165, 1.54) is 4.31 Å². The lowest BCUT2D eigenvalue weighted by molar-refractivity contribution is 0.0725.